The largest absolute Gasteiger partial charge is 0.394 e. The van der Waals surface area contributed by atoms with Crippen molar-refractivity contribution in [2.75, 3.05) is 6.61 Å². The van der Waals surface area contributed by atoms with E-state index in [1.807, 2.05) is 0 Å². The maximum absolute atomic E-state index is 11.8. The molecule has 0 aliphatic carbocycles. The van der Waals surface area contributed by atoms with Gasteiger partial charge in [0.15, 0.2) is 0 Å². The average molecular weight is 267 g/mol. The number of aryl methyl sites for hydroxylation is 1. The van der Waals surface area contributed by atoms with E-state index in [0.717, 1.165) is 0 Å². The molecule has 3 N–H and O–H groups in total. The summed E-state index contributed by atoms with van der Waals surface area (Å²) in [7, 11) is 0. The van der Waals surface area contributed by atoms with Crippen LogP contribution in [0.1, 0.15) is 25.1 Å². The van der Waals surface area contributed by atoms with Crippen LogP contribution in [-0.2, 0) is 4.74 Å². The zero-order chi connectivity index (χ0) is 14.2. The van der Waals surface area contributed by atoms with Crippen molar-refractivity contribution >= 4 is 5.71 Å². The van der Waals surface area contributed by atoms with Crippen LogP contribution in [0.25, 0.3) is 0 Å². The molecular weight excluding hydrogens is 250 g/mol. The first-order chi connectivity index (χ1) is 8.93. The SMILES string of the molecule is CC(=N)[C@H]1C[C@H](n2cc(C)c(=O)[nH]c2=O)O[C@@H]1CO. The van der Waals surface area contributed by atoms with E-state index in [9.17, 15) is 14.7 Å². The molecule has 0 radical (unpaired) electrons. The molecule has 0 saturated carbocycles. The number of H-pyrrole nitrogens is 1. The van der Waals surface area contributed by atoms with Crippen LogP contribution in [0.4, 0.5) is 0 Å². The van der Waals surface area contributed by atoms with Gasteiger partial charge in [0.05, 0.1) is 12.7 Å². The first-order valence-electron chi connectivity index (χ1n) is 6.07. The van der Waals surface area contributed by atoms with Crippen LogP contribution in [0.3, 0.4) is 0 Å². The van der Waals surface area contributed by atoms with Crippen LogP contribution >= 0.6 is 0 Å². The minimum atomic E-state index is -0.564. The molecule has 19 heavy (non-hydrogen) atoms. The summed E-state index contributed by atoms with van der Waals surface area (Å²) >= 11 is 0. The third-order valence-electron chi connectivity index (χ3n) is 3.43. The lowest BCUT2D eigenvalue weighted by molar-refractivity contribution is -0.0284. The summed E-state index contributed by atoms with van der Waals surface area (Å²) < 4.78 is 6.90. The Hall–Kier alpha value is -1.73. The van der Waals surface area contributed by atoms with Crippen molar-refractivity contribution in [2.45, 2.75) is 32.6 Å². The van der Waals surface area contributed by atoms with Crippen molar-refractivity contribution < 1.29 is 9.84 Å². The van der Waals surface area contributed by atoms with Gasteiger partial charge >= 0.3 is 5.69 Å². The second-order valence-electron chi connectivity index (χ2n) is 4.82. The van der Waals surface area contributed by atoms with Crippen LogP contribution < -0.4 is 11.2 Å². The van der Waals surface area contributed by atoms with Crippen LogP contribution in [0, 0.1) is 18.3 Å². The Morgan fingerprint density at radius 2 is 2.32 bits per heavy atom. The molecule has 1 aromatic rings. The van der Waals surface area contributed by atoms with E-state index in [0.29, 0.717) is 17.7 Å². The number of aromatic nitrogens is 2. The number of aliphatic hydroxyl groups excluding tert-OH is 1. The van der Waals surface area contributed by atoms with Crippen molar-refractivity contribution in [3.63, 3.8) is 0 Å². The van der Waals surface area contributed by atoms with E-state index in [1.165, 1.54) is 10.8 Å². The minimum Gasteiger partial charge on any atom is -0.394 e. The molecular formula is C12H17N3O4. The fourth-order valence-electron chi connectivity index (χ4n) is 2.33. The molecule has 7 nitrogen and oxygen atoms in total. The average Bonchev–Trinajstić information content (AvgIpc) is 2.77. The molecule has 1 fully saturated rings. The highest BCUT2D eigenvalue weighted by atomic mass is 16.5. The van der Waals surface area contributed by atoms with E-state index in [4.69, 9.17) is 10.1 Å². The molecule has 2 rings (SSSR count). The highest BCUT2D eigenvalue weighted by Crippen LogP contribution is 2.33. The number of nitrogens with zero attached hydrogens (tertiary/aromatic N) is 1. The Morgan fingerprint density at radius 1 is 1.63 bits per heavy atom. The Bertz CT molecular complexity index is 604. The lowest BCUT2D eigenvalue weighted by Crippen LogP contribution is -2.33. The third kappa shape index (κ3) is 2.52. The summed E-state index contributed by atoms with van der Waals surface area (Å²) in [5, 5.41) is 16.9. The third-order valence-corrected chi connectivity index (χ3v) is 3.43. The van der Waals surface area contributed by atoms with Crippen LogP contribution in [-0.4, -0.2) is 33.1 Å². The Kier molecular flexibility index (Phi) is 3.68. The van der Waals surface area contributed by atoms with E-state index < -0.39 is 23.6 Å². The molecule has 0 bridgehead atoms. The Morgan fingerprint density at radius 3 is 2.84 bits per heavy atom. The number of nitrogens with one attached hydrogen (secondary N) is 2. The van der Waals surface area contributed by atoms with Crippen molar-refractivity contribution in [3.8, 4) is 0 Å². The molecule has 0 unspecified atom stereocenters. The highest BCUT2D eigenvalue weighted by molar-refractivity contribution is 5.82. The number of aromatic amines is 1. The predicted octanol–water partition coefficient (Wildman–Crippen LogP) is -0.219. The quantitative estimate of drug-likeness (QED) is 0.658. The summed E-state index contributed by atoms with van der Waals surface area (Å²) in [5.41, 5.74) is -0.132. The summed E-state index contributed by atoms with van der Waals surface area (Å²) in [6.45, 7) is 3.06. The van der Waals surface area contributed by atoms with E-state index in [2.05, 4.69) is 4.98 Å². The van der Waals surface area contributed by atoms with Gasteiger partial charge in [-0.2, -0.15) is 0 Å². The maximum atomic E-state index is 11.8. The van der Waals surface area contributed by atoms with Crippen molar-refractivity contribution in [1.82, 2.24) is 9.55 Å². The first kappa shape index (κ1) is 13.7. The zero-order valence-electron chi connectivity index (χ0n) is 10.8. The van der Waals surface area contributed by atoms with Gasteiger partial charge in [-0.3, -0.25) is 14.3 Å². The van der Waals surface area contributed by atoms with E-state index in [-0.39, 0.29) is 12.5 Å². The smallest absolute Gasteiger partial charge is 0.330 e. The topological polar surface area (TPSA) is 108 Å². The normalized spacial score (nSPS) is 26.6. The maximum Gasteiger partial charge on any atom is 0.330 e. The van der Waals surface area contributed by atoms with Gasteiger partial charge in [0.25, 0.3) is 5.56 Å². The van der Waals surface area contributed by atoms with Gasteiger partial charge in [0.1, 0.15) is 6.23 Å². The second kappa shape index (κ2) is 5.10. The number of hydrogen-bond acceptors (Lipinski definition) is 5. The van der Waals surface area contributed by atoms with Crippen LogP contribution in [0.2, 0.25) is 0 Å². The van der Waals surface area contributed by atoms with E-state index in [1.54, 1.807) is 13.8 Å². The number of rotatable bonds is 3. The predicted molar refractivity (Wildman–Crippen MR) is 68.6 cm³/mol. The number of hydrogen-bond donors (Lipinski definition) is 3. The summed E-state index contributed by atoms with van der Waals surface area (Å²) in [6, 6.07) is 0. The Balaban J connectivity index is 2.35. The van der Waals surface area contributed by atoms with Gasteiger partial charge in [-0.1, -0.05) is 0 Å². The zero-order valence-corrected chi connectivity index (χ0v) is 10.8. The van der Waals surface area contributed by atoms with Gasteiger partial charge in [-0.25, -0.2) is 4.79 Å². The van der Waals surface area contributed by atoms with Gasteiger partial charge in [0.2, 0.25) is 0 Å². The molecule has 1 aromatic heterocycles. The molecule has 0 aromatic carbocycles. The lowest BCUT2D eigenvalue weighted by Gasteiger charge is -2.15. The molecule has 0 spiro atoms. The monoisotopic (exact) mass is 267 g/mol. The summed E-state index contributed by atoms with van der Waals surface area (Å²) in [6.07, 6.45) is 0.834. The second-order valence-corrected chi connectivity index (χ2v) is 4.82. The molecule has 2 heterocycles. The summed E-state index contributed by atoms with van der Waals surface area (Å²) in [5.74, 6) is -0.214. The van der Waals surface area contributed by atoms with Gasteiger partial charge in [-0.15, -0.1) is 0 Å². The van der Waals surface area contributed by atoms with Crippen molar-refractivity contribution in [1.29, 1.82) is 5.41 Å². The molecule has 7 heteroatoms. The molecule has 3 atom stereocenters. The molecule has 1 aliphatic rings. The van der Waals surface area contributed by atoms with Gasteiger partial charge in [-0.05, 0) is 13.8 Å². The minimum absolute atomic E-state index is 0.200. The van der Waals surface area contributed by atoms with Gasteiger partial charge < -0.3 is 15.3 Å². The fourth-order valence-corrected chi connectivity index (χ4v) is 2.33. The molecule has 1 saturated heterocycles. The van der Waals surface area contributed by atoms with Crippen LogP contribution in [0.15, 0.2) is 15.8 Å². The molecule has 104 valence electrons. The van der Waals surface area contributed by atoms with E-state index >= 15 is 0 Å². The highest BCUT2D eigenvalue weighted by Gasteiger charge is 2.37. The lowest BCUT2D eigenvalue weighted by atomic mass is 9.96. The number of ether oxygens (including phenoxy) is 1. The fraction of sp³-hybridized carbons (Fsp3) is 0.583. The first-order valence-corrected chi connectivity index (χ1v) is 6.07. The van der Waals surface area contributed by atoms with Crippen molar-refractivity contribution in [3.05, 3.63) is 32.6 Å². The van der Waals surface area contributed by atoms with Crippen LogP contribution in [0.5, 0.6) is 0 Å². The number of aliphatic hydroxyl groups is 1. The van der Waals surface area contributed by atoms with Crippen molar-refractivity contribution in [2.24, 2.45) is 5.92 Å². The molecule has 0 amide bonds. The Labute approximate surface area is 109 Å². The van der Waals surface area contributed by atoms with Gasteiger partial charge in [0, 0.05) is 29.8 Å². The molecule has 1 aliphatic heterocycles. The summed E-state index contributed by atoms with van der Waals surface area (Å²) in [4.78, 5) is 25.3. The standard InChI is InChI=1S/C12H17N3O4/c1-6-4-15(12(18)14-11(6)17)10-3-8(7(2)13)9(5-16)19-10/h4,8-10,13,16H,3,5H2,1-2H3,(H,14,17,18)/t8-,9-,10-/m1/s1.